The molecule has 1 saturated heterocycles. The van der Waals surface area contributed by atoms with Gasteiger partial charge in [0, 0.05) is 24.2 Å². The fourth-order valence-corrected chi connectivity index (χ4v) is 6.75. The SMILES string of the molecule is O=S(=O)(NC1CCN(C(c2ccccc2)(c2ccccc2)c2ccccc2)CC1)c1ccc(Cl)cc1. The Bertz CT molecular complexity index is 1270. The lowest BCUT2D eigenvalue weighted by atomic mass is 9.74. The van der Waals surface area contributed by atoms with Crippen molar-refractivity contribution in [2.24, 2.45) is 0 Å². The molecule has 0 amide bonds. The molecule has 0 spiro atoms. The number of likely N-dealkylation sites (tertiary alicyclic amines) is 1. The number of rotatable bonds is 7. The fourth-order valence-electron chi connectivity index (χ4n) is 5.32. The molecule has 1 heterocycles. The fraction of sp³-hybridized carbons (Fsp3) is 0.200. The highest BCUT2D eigenvalue weighted by atomic mass is 35.5. The van der Waals surface area contributed by atoms with Gasteiger partial charge in [-0.05, 0) is 53.8 Å². The molecule has 0 atom stereocenters. The van der Waals surface area contributed by atoms with Gasteiger partial charge in [0.15, 0.2) is 0 Å². The van der Waals surface area contributed by atoms with Crippen LogP contribution in [0.3, 0.4) is 0 Å². The summed E-state index contributed by atoms with van der Waals surface area (Å²) in [5, 5.41) is 0.515. The average molecular weight is 517 g/mol. The Kier molecular flexibility index (Phi) is 7.26. The van der Waals surface area contributed by atoms with Crippen LogP contribution in [0.4, 0.5) is 0 Å². The molecule has 0 radical (unpaired) electrons. The standard InChI is InChI=1S/C30H29ClN2O2S/c31-27-16-18-29(19-17-27)36(34,35)32-28-20-22-33(23-21-28)30(24-10-4-1-5-11-24,25-12-6-2-7-13-25)26-14-8-3-9-15-26/h1-19,28,32H,20-23H2. The molecule has 4 aromatic rings. The first-order valence-electron chi connectivity index (χ1n) is 12.2. The molecule has 1 fully saturated rings. The molecule has 5 rings (SSSR count). The third-order valence-corrected chi connectivity index (χ3v) is 8.78. The maximum Gasteiger partial charge on any atom is 0.240 e. The topological polar surface area (TPSA) is 49.4 Å². The molecule has 0 bridgehead atoms. The summed E-state index contributed by atoms with van der Waals surface area (Å²) in [4.78, 5) is 2.74. The van der Waals surface area contributed by atoms with Crippen molar-refractivity contribution in [2.75, 3.05) is 13.1 Å². The lowest BCUT2D eigenvalue weighted by Gasteiger charge is -2.48. The van der Waals surface area contributed by atoms with Crippen LogP contribution in [-0.4, -0.2) is 32.4 Å². The summed E-state index contributed by atoms with van der Waals surface area (Å²) in [6.07, 6.45) is 1.42. The first-order valence-corrected chi connectivity index (χ1v) is 14.1. The van der Waals surface area contributed by atoms with E-state index in [1.807, 2.05) is 18.2 Å². The number of nitrogens with one attached hydrogen (secondary N) is 1. The summed E-state index contributed by atoms with van der Waals surface area (Å²) in [6.45, 7) is 1.49. The number of nitrogens with zero attached hydrogens (tertiary/aromatic N) is 1. The van der Waals surface area contributed by atoms with E-state index in [2.05, 4.69) is 82.4 Å². The van der Waals surface area contributed by atoms with Gasteiger partial charge in [-0.1, -0.05) is 103 Å². The minimum atomic E-state index is -3.61. The number of benzene rings is 4. The normalized spacial score (nSPS) is 15.6. The van der Waals surface area contributed by atoms with Crippen LogP contribution in [0.1, 0.15) is 29.5 Å². The zero-order chi connectivity index (χ0) is 25.0. The van der Waals surface area contributed by atoms with E-state index in [0.717, 1.165) is 13.1 Å². The van der Waals surface area contributed by atoms with Gasteiger partial charge in [0.25, 0.3) is 0 Å². The Morgan fingerprint density at radius 2 is 1.08 bits per heavy atom. The molecule has 0 aromatic heterocycles. The predicted molar refractivity (Wildman–Crippen MR) is 146 cm³/mol. The van der Waals surface area contributed by atoms with Crippen LogP contribution in [0.2, 0.25) is 5.02 Å². The van der Waals surface area contributed by atoms with E-state index in [1.54, 1.807) is 24.3 Å². The molecular formula is C30H29ClN2O2S. The predicted octanol–water partition coefficient (Wildman–Crippen LogP) is 6.07. The van der Waals surface area contributed by atoms with Gasteiger partial charge >= 0.3 is 0 Å². The highest BCUT2D eigenvalue weighted by Crippen LogP contribution is 2.43. The summed E-state index contributed by atoms with van der Waals surface area (Å²) in [5.74, 6) is 0. The van der Waals surface area contributed by atoms with Gasteiger partial charge in [-0.2, -0.15) is 0 Å². The number of piperidine rings is 1. The molecule has 4 nitrogen and oxygen atoms in total. The first kappa shape index (κ1) is 24.7. The molecule has 1 aliphatic rings. The van der Waals surface area contributed by atoms with E-state index in [0.29, 0.717) is 17.9 Å². The van der Waals surface area contributed by atoms with Crippen LogP contribution in [0.25, 0.3) is 0 Å². The maximum atomic E-state index is 13.0. The summed E-state index contributed by atoms with van der Waals surface area (Å²) in [5.41, 5.74) is 3.11. The zero-order valence-electron chi connectivity index (χ0n) is 19.9. The average Bonchev–Trinajstić information content (AvgIpc) is 2.92. The monoisotopic (exact) mass is 516 g/mol. The van der Waals surface area contributed by atoms with E-state index in [1.165, 1.54) is 16.7 Å². The van der Waals surface area contributed by atoms with E-state index in [9.17, 15) is 8.42 Å². The van der Waals surface area contributed by atoms with Crippen molar-refractivity contribution in [1.29, 1.82) is 0 Å². The van der Waals surface area contributed by atoms with E-state index in [-0.39, 0.29) is 10.9 Å². The van der Waals surface area contributed by atoms with Crippen LogP contribution in [0, 0.1) is 0 Å². The lowest BCUT2D eigenvalue weighted by molar-refractivity contribution is 0.116. The van der Waals surface area contributed by atoms with Gasteiger partial charge in [0.1, 0.15) is 0 Å². The first-order chi connectivity index (χ1) is 17.5. The molecule has 4 aromatic carbocycles. The summed E-state index contributed by atoms with van der Waals surface area (Å²) >= 11 is 5.94. The number of hydrogen-bond acceptors (Lipinski definition) is 3. The number of halogens is 1. The van der Waals surface area contributed by atoms with E-state index >= 15 is 0 Å². The zero-order valence-corrected chi connectivity index (χ0v) is 21.5. The molecule has 0 aliphatic carbocycles. The highest BCUT2D eigenvalue weighted by molar-refractivity contribution is 7.89. The van der Waals surface area contributed by atoms with Crippen molar-refractivity contribution in [3.63, 3.8) is 0 Å². The van der Waals surface area contributed by atoms with Gasteiger partial charge in [0.2, 0.25) is 10.0 Å². The van der Waals surface area contributed by atoms with Crippen LogP contribution < -0.4 is 4.72 Å². The Morgan fingerprint density at radius 1 is 0.667 bits per heavy atom. The van der Waals surface area contributed by atoms with Crippen LogP contribution in [0.5, 0.6) is 0 Å². The molecule has 1 aliphatic heterocycles. The minimum absolute atomic E-state index is 0.137. The van der Waals surface area contributed by atoms with Gasteiger partial charge in [-0.25, -0.2) is 13.1 Å². The molecule has 36 heavy (non-hydrogen) atoms. The molecule has 0 saturated carbocycles. The number of sulfonamides is 1. The van der Waals surface area contributed by atoms with Crippen LogP contribution in [-0.2, 0) is 15.6 Å². The largest absolute Gasteiger partial charge is 0.286 e. The van der Waals surface area contributed by atoms with E-state index < -0.39 is 15.6 Å². The van der Waals surface area contributed by atoms with Crippen molar-refractivity contribution in [2.45, 2.75) is 29.3 Å². The Labute approximate surface area is 218 Å². The smallest absolute Gasteiger partial charge is 0.240 e. The van der Waals surface area contributed by atoms with Gasteiger partial charge in [-0.3, -0.25) is 4.90 Å². The van der Waals surface area contributed by atoms with Crippen molar-refractivity contribution >= 4 is 21.6 Å². The van der Waals surface area contributed by atoms with Gasteiger partial charge in [0.05, 0.1) is 10.4 Å². The molecule has 6 heteroatoms. The maximum absolute atomic E-state index is 13.0. The van der Waals surface area contributed by atoms with Crippen molar-refractivity contribution < 1.29 is 8.42 Å². The minimum Gasteiger partial charge on any atom is -0.286 e. The highest BCUT2D eigenvalue weighted by Gasteiger charge is 2.43. The van der Waals surface area contributed by atoms with Crippen molar-refractivity contribution in [1.82, 2.24) is 9.62 Å². The Hall–Kier alpha value is -2.96. The lowest BCUT2D eigenvalue weighted by Crippen LogP contribution is -2.54. The second-order valence-electron chi connectivity index (χ2n) is 9.15. The van der Waals surface area contributed by atoms with Gasteiger partial charge < -0.3 is 0 Å². The second kappa shape index (κ2) is 10.6. The quantitative estimate of drug-likeness (QED) is 0.303. The van der Waals surface area contributed by atoms with Crippen molar-refractivity contribution in [3.8, 4) is 0 Å². The van der Waals surface area contributed by atoms with Crippen LogP contribution >= 0.6 is 11.6 Å². The summed E-state index contributed by atoms with van der Waals surface area (Å²) in [6, 6.07) is 38.0. The molecule has 184 valence electrons. The molecule has 0 unspecified atom stereocenters. The van der Waals surface area contributed by atoms with E-state index in [4.69, 9.17) is 11.6 Å². The molecular weight excluding hydrogens is 488 g/mol. The second-order valence-corrected chi connectivity index (χ2v) is 11.3. The van der Waals surface area contributed by atoms with Crippen molar-refractivity contribution in [3.05, 3.63) is 137 Å². The Morgan fingerprint density at radius 3 is 1.50 bits per heavy atom. The third-order valence-electron chi connectivity index (χ3n) is 6.99. The van der Waals surface area contributed by atoms with Gasteiger partial charge in [-0.15, -0.1) is 0 Å². The summed E-state index contributed by atoms with van der Waals surface area (Å²) < 4.78 is 28.9. The number of hydrogen-bond donors (Lipinski definition) is 1. The Balaban J connectivity index is 1.48. The third kappa shape index (κ3) is 4.84. The molecule has 1 N–H and O–H groups in total. The van der Waals surface area contributed by atoms with Crippen LogP contribution in [0.15, 0.2) is 120 Å². The summed E-state index contributed by atoms with van der Waals surface area (Å²) in [7, 11) is -3.61.